The molecule has 0 unspecified atom stereocenters. The van der Waals surface area contributed by atoms with Crippen molar-refractivity contribution >= 4 is 17.6 Å². The van der Waals surface area contributed by atoms with Crippen LogP contribution in [0.15, 0.2) is 6.07 Å². The van der Waals surface area contributed by atoms with Gasteiger partial charge in [-0.05, 0) is 6.07 Å². The summed E-state index contributed by atoms with van der Waals surface area (Å²) in [6.45, 7) is 0. The van der Waals surface area contributed by atoms with E-state index in [-0.39, 0.29) is 0 Å². The molecule has 0 fully saturated rings. The minimum absolute atomic E-state index is 0.485. The Hall–Kier alpha value is -1.49. The monoisotopic (exact) mass is 206 g/mol. The summed E-state index contributed by atoms with van der Waals surface area (Å²) < 4.78 is 12.7. The average Bonchev–Trinajstić information content (AvgIpc) is 2.07. The van der Waals surface area contributed by atoms with E-state index in [9.17, 15) is 9.18 Å². The van der Waals surface area contributed by atoms with Gasteiger partial charge in [-0.3, -0.25) is 0 Å². The van der Waals surface area contributed by atoms with Crippen LogP contribution in [0.3, 0.4) is 0 Å². The van der Waals surface area contributed by atoms with Gasteiger partial charge in [0.15, 0.2) is 17.3 Å². The van der Waals surface area contributed by atoms with Crippen molar-refractivity contribution in [2.45, 2.75) is 0 Å². The Kier molecular flexibility index (Phi) is 2.29. The lowest BCUT2D eigenvalue weighted by Crippen LogP contribution is -1.98. The lowest BCUT2D eigenvalue weighted by molar-refractivity contribution is 0.0693. The molecule has 0 heterocycles. The molecule has 0 aliphatic carbocycles. The Labute approximate surface area is 76.8 Å². The summed E-state index contributed by atoms with van der Waals surface area (Å²) in [5.41, 5.74) is -0.694. The number of carboxylic acid groups (broad SMARTS) is 1. The quantitative estimate of drug-likeness (QED) is 0.652. The average molecular weight is 207 g/mol. The number of phenolic OH excluding ortho intramolecular Hbond substituents is 1. The molecule has 4 nitrogen and oxygen atoms in total. The molecule has 0 aliphatic heterocycles. The summed E-state index contributed by atoms with van der Waals surface area (Å²) in [5.74, 6) is -4.55. The molecule has 0 saturated carbocycles. The van der Waals surface area contributed by atoms with E-state index < -0.39 is 33.9 Å². The molecule has 13 heavy (non-hydrogen) atoms. The number of rotatable bonds is 1. The predicted molar refractivity (Wildman–Crippen MR) is 41.7 cm³/mol. The number of benzene rings is 1. The maximum atomic E-state index is 12.7. The van der Waals surface area contributed by atoms with E-state index in [1.54, 1.807) is 0 Å². The summed E-state index contributed by atoms with van der Waals surface area (Å²) >= 11 is 5.23. The standard InChI is InChI=1S/C7H4ClFO4/c8-4-5(10)2(7(12)13)1-3(9)6(4)11/h1,10-11H,(H,12,13). The normalized spacial score (nSPS) is 10.0. The van der Waals surface area contributed by atoms with Gasteiger partial charge in [-0.25, -0.2) is 9.18 Å². The Morgan fingerprint density at radius 1 is 1.38 bits per heavy atom. The summed E-state index contributed by atoms with van der Waals surface area (Å²) in [6, 6.07) is 0.485. The molecule has 0 atom stereocenters. The van der Waals surface area contributed by atoms with Crippen LogP contribution in [0.25, 0.3) is 0 Å². The van der Waals surface area contributed by atoms with Crippen LogP contribution in [0.5, 0.6) is 11.5 Å². The van der Waals surface area contributed by atoms with Crippen molar-refractivity contribution < 1.29 is 24.5 Å². The van der Waals surface area contributed by atoms with Crippen LogP contribution in [0.2, 0.25) is 5.02 Å². The summed E-state index contributed by atoms with van der Waals surface area (Å²) in [5, 5.41) is 25.6. The number of hydrogen-bond acceptors (Lipinski definition) is 3. The summed E-state index contributed by atoms with van der Waals surface area (Å²) in [6.07, 6.45) is 0. The predicted octanol–water partition coefficient (Wildman–Crippen LogP) is 1.59. The van der Waals surface area contributed by atoms with Gasteiger partial charge in [-0.15, -0.1) is 0 Å². The number of aromatic hydroxyl groups is 2. The van der Waals surface area contributed by atoms with Crippen molar-refractivity contribution in [2.75, 3.05) is 0 Å². The third-order valence-corrected chi connectivity index (χ3v) is 1.76. The van der Waals surface area contributed by atoms with E-state index in [2.05, 4.69) is 0 Å². The van der Waals surface area contributed by atoms with Gasteiger partial charge in [-0.1, -0.05) is 11.6 Å². The highest BCUT2D eigenvalue weighted by atomic mass is 35.5. The Balaban J connectivity index is 3.50. The molecule has 0 amide bonds. The second-order valence-electron chi connectivity index (χ2n) is 2.22. The highest BCUT2D eigenvalue weighted by Crippen LogP contribution is 2.37. The molecule has 0 spiro atoms. The lowest BCUT2D eigenvalue weighted by atomic mass is 10.2. The minimum atomic E-state index is -1.53. The third kappa shape index (κ3) is 1.50. The number of carbonyl (C=O) groups is 1. The molecule has 1 aromatic rings. The van der Waals surface area contributed by atoms with Crippen LogP contribution in [0.1, 0.15) is 10.4 Å². The number of aromatic carboxylic acids is 1. The molecule has 0 radical (unpaired) electrons. The third-order valence-electron chi connectivity index (χ3n) is 1.40. The largest absolute Gasteiger partial charge is 0.505 e. The van der Waals surface area contributed by atoms with Crippen molar-refractivity contribution in [3.05, 3.63) is 22.5 Å². The van der Waals surface area contributed by atoms with E-state index in [1.807, 2.05) is 0 Å². The first-order valence-corrected chi connectivity index (χ1v) is 3.46. The van der Waals surface area contributed by atoms with Crippen molar-refractivity contribution in [3.63, 3.8) is 0 Å². The van der Waals surface area contributed by atoms with E-state index >= 15 is 0 Å². The molecule has 70 valence electrons. The molecule has 0 saturated heterocycles. The topological polar surface area (TPSA) is 77.8 Å². The fourth-order valence-corrected chi connectivity index (χ4v) is 0.954. The van der Waals surface area contributed by atoms with Crippen molar-refractivity contribution in [1.82, 2.24) is 0 Å². The molecule has 0 aliphatic rings. The van der Waals surface area contributed by atoms with Crippen molar-refractivity contribution in [2.24, 2.45) is 0 Å². The second-order valence-corrected chi connectivity index (χ2v) is 2.60. The van der Waals surface area contributed by atoms with E-state index in [0.717, 1.165) is 0 Å². The van der Waals surface area contributed by atoms with Gasteiger partial charge in [0.1, 0.15) is 10.6 Å². The molecule has 0 bridgehead atoms. The number of hydrogen-bond donors (Lipinski definition) is 3. The van der Waals surface area contributed by atoms with E-state index in [1.165, 1.54) is 0 Å². The van der Waals surface area contributed by atoms with Gasteiger partial charge >= 0.3 is 5.97 Å². The molecule has 1 rings (SSSR count). The zero-order chi connectivity index (χ0) is 10.2. The maximum Gasteiger partial charge on any atom is 0.339 e. The highest BCUT2D eigenvalue weighted by molar-refractivity contribution is 6.34. The van der Waals surface area contributed by atoms with Gasteiger partial charge < -0.3 is 15.3 Å². The fourth-order valence-electron chi connectivity index (χ4n) is 0.762. The smallest absolute Gasteiger partial charge is 0.339 e. The first-order valence-electron chi connectivity index (χ1n) is 3.08. The molecule has 1 aromatic carbocycles. The summed E-state index contributed by atoms with van der Waals surface area (Å²) in [7, 11) is 0. The Bertz CT molecular complexity index is 377. The first-order chi connectivity index (χ1) is 5.95. The van der Waals surface area contributed by atoms with Gasteiger partial charge in [0, 0.05) is 0 Å². The molecular weight excluding hydrogens is 203 g/mol. The highest BCUT2D eigenvalue weighted by Gasteiger charge is 2.19. The number of carboxylic acids is 1. The van der Waals surface area contributed by atoms with Gasteiger partial charge in [-0.2, -0.15) is 0 Å². The first kappa shape index (κ1) is 9.60. The van der Waals surface area contributed by atoms with E-state index in [0.29, 0.717) is 6.07 Å². The minimum Gasteiger partial charge on any atom is -0.505 e. The van der Waals surface area contributed by atoms with Crippen LogP contribution in [0.4, 0.5) is 4.39 Å². The maximum absolute atomic E-state index is 12.7. The second kappa shape index (κ2) is 3.10. The molecular formula is C7H4ClFO4. The summed E-state index contributed by atoms with van der Waals surface area (Å²) in [4.78, 5) is 10.4. The Morgan fingerprint density at radius 2 is 1.92 bits per heavy atom. The van der Waals surface area contributed by atoms with Crippen LogP contribution in [0, 0.1) is 5.82 Å². The van der Waals surface area contributed by atoms with Crippen LogP contribution in [-0.2, 0) is 0 Å². The lowest BCUT2D eigenvalue weighted by Gasteiger charge is -2.04. The molecule has 6 heteroatoms. The van der Waals surface area contributed by atoms with E-state index in [4.69, 9.17) is 26.9 Å². The van der Waals surface area contributed by atoms with Crippen LogP contribution < -0.4 is 0 Å². The van der Waals surface area contributed by atoms with Crippen LogP contribution in [-0.4, -0.2) is 21.3 Å². The van der Waals surface area contributed by atoms with Crippen molar-refractivity contribution in [1.29, 1.82) is 0 Å². The van der Waals surface area contributed by atoms with Gasteiger partial charge in [0.2, 0.25) is 0 Å². The fraction of sp³-hybridized carbons (Fsp3) is 0. The number of halogens is 2. The van der Waals surface area contributed by atoms with Crippen molar-refractivity contribution in [3.8, 4) is 11.5 Å². The Morgan fingerprint density at radius 3 is 2.38 bits per heavy atom. The zero-order valence-electron chi connectivity index (χ0n) is 6.08. The zero-order valence-corrected chi connectivity index (χ0v) is 6.84. The molecule has 3 N–H and O–H groups in total. The van der Waals surface area contributed by atoms with Crippen LogP contribution >= 0.6 is 11.6 Å². The van der Waals surface area contributed by atoms with Gasteiger partial charge in [0.25, 0.3) is 0 Å². The SMILES string of the molecule is O=C(O)c1cc(F)c(O)c(Cl)c1O. The molecule has 0 aromatic heterocycles. The van der Waals surface area contributed by atoms with Gasteiger partial charge in [0.05, 0.1) is 0 Å². The number of phenols is 2.